The third-order valence-electron chi connectivity index (χ3n) is 5.98. The summed E-state index contributed by atoms with van der Waals surface area (Å²) < 4.78 is 5.37. The molecule has 3 amide bonds. The second-order valence-corrected chi connectivity index (χ2v) is 10.0. The van der Waals surface area contributed by atoms with E-state index >= 15 is 0 Å². The molecule has 0 aliphatic rings. The highest BCUT2D eigenvalue weighted by Gasteiger charge is 2.18. The van der Waals surface area contributed by atoms with Crippen LogP contribution in [-0.2, 0) is 33.5 Å². The predicted molar refractivity (Wildman–Crippen MR) is 161 cm³/mol. The maximum absolute atomic E-state index is 12.2. The molecule has 0 aliphatic heterocycles. The number of rotatable bonds is 23. The molecule has 6 N–H and O–H groups in total. The molecule has 0 fully saturated rings. The second kappa shape index (κ2) is 20.7. The maximum atomic E-state index is 12.2. The lowest BCUT2D eigenvalue weighted by atomic mass is 10.2. The van der Waals surface area contributed by atoms with Crippen LogP contribution in [-0.4, -0.2) is 152 Å². The van der Waals surface area contributed by atoms with Crippen molar-refractivity contribution in [2.24, 2.45) is 0 Å². The Hall–Kier alpha value is -5.21. The first-order chi connectivity index (χ1) is 22.4. The maximum Gasteiger partial charge on any atom is 0.317 e. The molecule has 0 aliphatic carbocycles. The molecule has 0 saturated carbocycles. The van der Waals surface area contributed by atoms with Crippen molar-refractivity contribution < 1.29 is 48.8 Å². The van der Waals surface area contributed by atoms with Crippen molar-refractivity contribution in [2.75, 3.05) is 70.9 Å². The highest BCUT2D eigenvalue weighted by Crippen LogP contribution is 2.13. The summed E-state index contributed by atoms with van der Waals surface area (Å²) in [6, 6.07) is 3.26. The molecular formula is C27H38N10O10. The van der Waals surface area contributed by atoms with Crippen LogP contribution >= 0.6 is 0 Å². The van der Waals surface area contributed by atoms with Crippen LogP contribution in [0.15, 0.2) is 18.3 Å². The Balaban J connectivity index is 1.56. The average Bonchev–Trinajstić information content (AvgIpc) is 2.99. The van der Waals surface area contributed by atoms with Crippen LogP contribution in [0.1, 0.15) is 25.1 Å². The molecule has 2 aromatic heterocycles. The van der Waals surface area contributed by atoms with Crippen molar-refractivity contribution in [3.05, 3.63) is 24.2 Å². The summed E-state index contributed by atoms with van der Waals surface area (Å²) in [5.74, 6) is -4.04. The summed E-state index contributed by atoms with van der Waals surface area (Å²) in [5, 5.41) is 50.3. The fourth-order valence-corrected chi connectivity index (χ4v) is 3.87. The van der Waals surface area contributed by atoms with Gasteiger partial charge in [-0.05, 0) is 25.5 Å². The van der Waals surface area contributed by atoms with Gasteiger partial charge in [-0.3, -0.25) is 43.6 Å². The van der Waals surface area contributed by atoms with Crippen molar-refractivity contribution in [1.29, 1.82) is 0 Å². The third kappa shape index (κ3) is 17.2. The summed E-state index contributed by atoms with van der Waals surface area (Å²) in [5.41, 5.74) is 0.921. The zero-order valence-electron chi connectivity index (χ0n) is 25.8. The number of hydrogen-bond donors (Lipinski definition) is 6. The smallest absolute Gasteiger partial charge is 0.317 e. The van der Waals surface area contributed by atoms with Gasteiger partial charge in [0.2, 0.25) is 23.5 Å². The average molecular weight is 663 g/mol. The number of anilines is 1. The molecule has 2 aromatic rings. The topological polar surface area (TPSA) is 279 Å². The molecule has 256 valence electrons. The molecule has 0 radical (unpaired) electrons. The highest BCUT2D eigenvalue weighted by molar-refractivity contribution is 5.91. The van der Waals surface area contributed by atoms with Crippen LogP contribution in [0.3, 0.4) is 0 Å². The monoisotopic (exact) mass is 662 g/mol. The zero-order valence-corrected chi connectivity index (χ0v) is 25.8. The Morgan fingerprint density at radius 1 is 0.723 bits per heavy atom. The van der Waals surface area contributed by atoms with E-state index in [-0.39, 0.29) is 76.4 Å². The van der Waals surface area contributed by atoms with Gasteiger partial charge in [-0.25, -0.2) is 0 Å². The molecule has 0 saturated heterocycles. The summed E-state index contributed by atoms with van der Waals surface area (Å²) in [6.07, 6.45) is 2.02. The van der Waals surface area contributed by atoms with Crippen LogP contribution in [0.4, 0.5) is 5.69 Å². The highest BCUT2D eigenvalue weighted by atomic mass is 16.5. The van der Waals surface area contributed by atoms with Gasteiger partial charge in [-0.2, -0.15) is 0 Å². The quantitative estimate of drug-likeness (QED) is 0.0692. The molecule has 20 nitrogen and oxygen atoms in total. The van der Waals surface area contributed by atoms with Crippen molar-refractivity contribution >= 4 is 41.3 Å². The first-order valence-corrected chi connectivity index (χ1v) is 14.4. The number of pyridine rings is 1. The number of aliphatic carboxylic acids is 3. The van der Waals surface area contributed by atoms with Crippen LogP contribution in [0.2, 0.25) is 0 Å². The molecule has 0 spiro atoms. The van der Waals surface area contributed by atoms with Gasteiger partial charge in [0.05, 0.1) is 51.3 Å². The van der Waals surface area contributed by atoms with E-state index in [0.717, 1.165) is 4.90 Å². The van der Waals surface area contributed by atoms with E-state index in [4.69, 9.17) is 20.1 Å². The van der Waals surface area contributed by atoms with Crippen LogP contribution in [0.25, 0.3) is 11.5 Å². The molecule has 20 heteroatoms. The number of carbonyl (C=O) groups is 6. The first-order valence-electron chi connectivity index (χ1n) is 14.4. The minimum Gasteiger partial charge on any atom is -0.480 e. The Morgan fingerprint density at radius 3 is 1.79 bits per heavy atom. The number of amides is 3. The SMILES string of the molecule is Cc1nnc(-c2ccc(NC(=O)CCCC(=O)NCCOCCNC(=O)CN(CCN(CC(=O)O)CC(=O)O)CC(=O)O)cn2)nn1. The summed E-state index contributed by atoms with van der Waals surface area (Å²) in [4.78, 5) is 76.1. The molecule has 0 unspecified atom stereocenters. The van der Waals surface area contributed by atoms with E-state index in [1.165, 1.54) is 11.1 Å². The number of nitrogens with zero attached hydrogens (tertiary/aromatic N) is 7. The minimum absolute atomic E-state index is 0.0475. The van der Waals surface area contributed by atoms with Gasteiger partial charge in [-0.15, -0.1) is 20.4 Å². The molecule has 47 heavy (non-hydrogen) atoms. The van der Waals surface area contributed by atoms with Crippen LogP contribution in [0.5, 0.6) is 0 Å². The van der Waals surface area contributed by atoms with Crippen LogP contribution < -0.4 is 16.0 Å². The predicted octanol–water partition coefficient (Wildman–Crippen LogP) is -2.15. The van der Waals surface area contributed by atoms with E-state index in [0.29, 0.717) is 23.6 Å². The van der Waals surface area contributed by atoms with Crippen molar-refractivity contribution in [3.8, 4) is 11.5 Å². The molecule has 2 rings (SSSR count). The van der Waals surface area contributed by atoms with E-state index in [2.05, 4.69) is 41.3 Å². The molecule has 0 aromatic carbocycles. The van der Waals surface area contributed by atoms with E-state index in [1.54, 1.807) is 19.1 Å². The molecule has 0 bridgehead atoms. The van der Waals surface area contributed by atoms with Gasteiger partial charge in [0.15, 0.2) is 5.82 Å². The van der Waals surface area contributed by atoms with Gasteiger partial charge in [-0.1, -0.05) is 0 Å². The van der Waals surface area contributed by atoms with E-state index < -0.39 is 43.4 Å². The number of nitrogens with one attached hydrogen (secondary N) is 3. The normalized spacial score (nSPS) is 10.9. The number of aromatic nitrogens is 5. The van der Waals surface area contributed by atoms with E-state index in [9.17, 15) is 28.8 Å². The van der Waals surface area contributed by atoms with Gasteiger partial charge in [0.1, 0.15) is 5.69 Å². The van der Waals surface area contributed by atoms with E-state index in [1.807, 2.05) is 0 Å². The Kier molecular flexibility index (Phi) is 16.8. The lowest BCUT2D eigenvalue weighted by Gasteiger charge is -2.24. The molecule has 0 atom stereocenters. The van der Waals surface area contributed by atoms with Gasteiger partial charge in [0, 0.05) is 39.0 Å². The second-order valence-electron chi connectivity index (χ2n) is 10.0. The van der Waals surface area contributed by atoms with Gasteiger partial charge >= 0.3 is 17.9 Å². The largest absolute Gasteiger partial charge is 0.480 e. The van der Waals surface area contributed by atoms with Crippen LogP contribution in [0, 0.1) is 6.92 Å². The van der Waals surface area contributed by atoms with Crippen molar-refractivity contribution in [2.45, 2.75) is 26.2 Å². The van der Waals surface area contributed by atoms with Crippen molar-refractivity contribution in [1.82, 2.24) is 45.8 Å². The third-order valence-corrected chi connectivity index (χ3v) is 5.98. The summed E-state index contributed by atoms with van der Waals surface area (Å²) in [7, 11) is 0. The Morgan fingerprint density at radius 2 is 1.26 bits per heavy atom. The number of carboxylic acid groups (broad SMARTS) is 3. The van der Waals surface area contributed by atoms with Gasteiger partial charge < -0.3 is 36.0 Å². The van der Waals surface area contributed by atoms with Crippen molar-refractivity contribution in [3.63, 3.8) is 0 Å². The number of carboxylic acids is 3. The lowest BCUT2D eigenvalue weighted by Crippen LogP contribution is -2.45. The number of hydrogen-bond acceptors (Lipinski definition) is 14. The zero-order chi connectivity index (χ0) is 34.6. The number of carbonyl (C=O) groups excluding carboxylic acids is 3. The summed E-state index contributed by atoms with van der Waals surface area (Å²) >= 11 is 0. The minimum atomic E-state index is -1.24. The molecular weight excluding hydrogens is 624 g/mol. The Labute approximate surface area is 268 Å². The molecule has 2 heterocycles. The fourth-order valence-electron chi connectivity index (χ4n) is 3.87. The Bertz CT molecular complexity index is 1330. The lowest BCUT2D eigenvalue weighted by molar-refractivity contribution is -0.143. The standard InChI is InChI=1S/C27H38N10O10/c1-18-32-34-27(35-33-18)20-6-5-19(13-30-20)31-22(39)4-2-3-21(38)28-7-11-47-12-8-29-23(40)14-36(15-24(41)42)9-10-37(16-25(43)44)17-26(45)46/h5-6,13H,2-4,7-12,14-17H2,1H3,(H,28,38)(H,29,40)(H,31,39)(H,41,42)(H,43,44)(H,45,46). The number of ether oxygens (including phenoxy) is 1. The van der Waals surface area contributed by atoms with Gasteiger partial charge in [0.25, 0.3) is 0 Å². The fraction of sp³-hybridized carbons (Fsp3) is 0.519. The number of aryl methyl sites for hydroxylation is 1. The first kappa shape index (κ1) is 38.0. The summed E-state index contributed by atoms with van der Waals surface area (Å²) in [6.45, 7) is 0.234.